The summed E-state index contributed by atoms with van der Waals surface area (Å²) in [5.41, 5.74) is 3.75. The van der Waals surface area contributed by atoms with Gasteiger partial charge in [-0.3, -0.25) is 4.90 Å². The molecule has 0 bridgehead atoms. The van der Waals surface area contributed by atoms with Crippen LogP contribution in [-0.2, 0) is 13.0 Å². The summed E-state index contributed by atoms with van der Waals surface area (Å²) in [5, 5.41) is 4.05. The predicted molar refractivity (Wildman–Crippen MR) is 92.5 cm³/mol. The lowest BCUT2D eigenvalue weighted by Crippen LogP contribution is -2.46. The van der Waals surface area contributed by atoms with Gasteiger partial charge in [0.2, 0.25) is 0 Å². The lowest BCUT2D eigenvalue weighted by molar-refractivity contribution is 0.126. The summed E-state index contributed by atoms with van der Waals surface area (Å²) in [7, 11) is 0. The van der Waals surface area contributed by atoms with Gasteiger partial charge in [0.15, 0.2) is 0 Å². The van der Waals surface area contributed by atoms with Crippen LogP contribution in [0.1, 0.15) is 29.0 Å². The molecule has 2 heterocycles. The second kappa shape index (κ2) is 7.75. The van der Waals surface area contributed by atoms with Gasteiger partial charge in [-0.05, 0) is 38.8 Å². The standard InChI is InChI=1S/C19H27N3O/c1-16-19(17(2)23-20-16)15-22-13-11-21(12-14-22)10-6-9-18-7-4-3-5-8-18/h3-5,7-8H,6,9-15H2,1-2H3. The first-order valence-electron chi connectivity index (χ1n) is 8.63. The van der Waals surface area contributed by atoms with Gasteiger partial charge < -0.3 is 9.42 Å². The molecule has 0 aliphatic carbocycles. The van der Waals surface area contributed by atoms with E-state index < -0.39 is 0 Å². The van der Waals surface area contributed by atoms with Gasteiger partial charge in [-0.25, -0.2) is 0 Å². The molecule has 0 atom stereocenters. The van der Waals surface area contributed by atoms with Gasteiger partial charge in [-0.1, -0.05) is 35.5 Å². The van der Waals surface area contributed by atoms with Crippen LogP contribution in [0.4, 0.5) is 0 Å². The molecule has 4 nitrogen and oxygen atoms in total. The molecule has 2 aromatic rings. The van der Waals surface area contributed by atoms with Gasteiger partial charge in [-0.15, -0.1) is 0 Å². The van der Waals surface area contributed by atoms with E-state index in [9.17, 15) is 0 Å². The molecule has 0 radical (unpaired) electrons. The summed E-state index contributed by atoms with van der Waals surface area (Å²) in [6.07, 6.45) is 2.42. The number of piperazine rings is 1. The fourth-order valence-electron chi connectivity index (χ4n) is 3.27. The molecule has 0 saturated carbocycles. The molecule has 1 aliphatic rings. The van der Waals surface area contributed by atoms with Crippen LogP contribution in [0, 0.1) is 13.8 Å². The molecule has 124 valence electrons. The maximum atomic E-state index is 5.27. The summed E-state index contributed by atoms with van der Waals surface area (Å²) < 4.78 is 5.27. The van der Waals surface area contributed by atoms with Crippen LogP contribution in [0.2, 0.25) is 0 Å². The Hall–Kier alpha value is -1.65. The minimum atomic E-state index is 0.966. The molecule has 0 N–H and O–H groups in total. The minimum absolute atomic E-state index is 0.966. The molecule has 1 aliphatic heterocycles. The van der Waals surface area contributed by atoms with Crippen molar-refractivity contribution in [3.05, 3.63) is 52.9 Å². The van der Waals surface area contributed by atoms with Crippen molar-refractivity contribution >= 4 is 0 Å². The molecule has 23 heavy (non-hydrogen) atoms. The van der Waals surface area contributed by atoms with Crippen LogP contribution < -0.4 is 0 Å². The number of hydrogen-bond donors (Lipinski definition) is 0. The van der Waals surface area contributed by atoms with E-state index in [0.717, 1.165) is 44.2 Å². The third kappa shape index (κ3) is 4.43. The highest BCUT2D eigenvalue weighted by molar-refractivity contribution is 5.20. The number of rotatable bonds is 6. The first-order valence-corrected chi connectivity index (χ1v) is 8.63. The molecule has 0 unspecified atom stereocenters. The molecular formula is C19H27N3O. The fourth-order valence-corrected chi connectivity index (χ4v) is 3.27. The van der Waals surface area contributed by atoms with E-state index in [1.54, 1.807) is 0 Å². The summed E-state index contributed by atoms with van der Waals surface area (Å²) in [5.74, 6) is 0.966. The first kappa shape index (κ1) is 16.2. The zero-order valence-electron chi connectivity index (χ0n) is 14.3. The normalized spacial score (nSPS) is 16.8. The van der Waals surface area contributed by atoms with Crippen molar-refractivity contribution in [2.75, 3.05) is 32.7 Å². The highest BCUT2D eigenvalue weighted by Crippen LogP contribution is 2.16. The molecule has 4 heteroatoms. The van der Waals surface area contributed by atoms with E-state index in [1.807, 2.05) is 13.8 Å². The smallest absolute Gasteiger partial charge is 0.138 e. The van der Waals surface area contributed by atoms with Crippen LogP contribution in [-0.4, -0.2) is 47.7 Å². The fraction of sp³-hybridized carbons (Fsp3) is 0.526. The third-order valence-corrected chi connectivity index (χ3v) is 4.81. The monoisotopic (exact) mass is 313 g/mol. The summed E-state index contributed by atoms with van der Waals surface area (Å²) in [6, 6.07) is 10.8. The van der Waals surface area contributed by atoms with Gasteiger partial charge in [0.25, 0.3) is 0 Å². The van der Waals surface area contributed by atoms with E-state index in [1.165, 1.54) is 30.5 Å². The van der Waals surface area contributed by atoms with Crippen molar-refractivity contribution in [2.45, 2.75) is 33.2 Å². The summed E-state index contributed by atoms with van der Waals surface area (Å²) in [6.45, 7) is 10.8. The number of benzene rings is 1. The number of nitrogens with zero attached hydrogens (tertiary/aromatic N) is 3. The molecule has 0 amide bonds. The van der Waals surface area contributed by atoms with Crippen molar-refractivity contribution in [1.29, 1.82) is 0 Å². The Bertz CT molecular complexity index is 581. The van der Waals surface area contributed by atoms with Gasteiger partial charge in [-0.2, -0.15) is 0 Å². The molecule has 1 fully saturated rings. The second-order valence-corrected chi connectivity index (χ2v) is 6.51. The largest absolute Gasteiger partial charge is 0.361 e. The van der Waals surface area contributed by atoms with Crippen LogP contribution >= 0.6 is 0 Å². The Labute approximate surface area is 139 Å². The SMILES string of the molecule is Cc1noc(C)c1CN1CCN(CCCc2ccccc2)CC1. The predicted octanol–water partition coefficient (Wildman–Crippen LogP) is 3.04. The van der Waals surface area contributed by atoms with Crippen LogP contribution in [0.5, 0.6) is 0 Å². The molecule has 1 saturated heterocycles. The summed E-state index contributed by atoms with van der Waals surface area (Å²) in [4.78, 5) is 5.10. The molecular weight excluding hydrogens is 286 g/mol. The van der Waals surface area contributed by atoms with Crippen molar-refractivity contribution in [3.8, 4) is 0 Å². The van der Waals surface area contributed by atoms with Crippen molar-refractivity contribution < 1.29 is 4.52 Å². The lowest BCUT2D eigenvalue weighted by Gasteiger charge is -2.34. The van der Waals surface area contributed by atoms with Gasteiger partial charge >= 0.3 is 0 Å². The highest BCUT2D eigenvalue weighted by Gasteiger charge is 2.19. The number of aromatic nitrogens is 1. The summed E-state index contributed by atoms with van der Waals surface area (Å²) >= 11 is 0. The second-order valence-electron chi connectivity index (χ2n) is 6.51. The Morgan fingerprint density at radius 3 is 2.35 bits per heavy atom. The Morgan fingerprint density at radius 1 is 1.00 bits per heavy atom. The average Bonchev–Trinajstić information content (AvgIpc) is 2.89. The van der Waals surface area contributed by atoms with Crippen LogP contribution in [0.3, 0.4) is 0 Å². The Morgan fingerprint density at radius 2 is 1.70 bits per heavy atom. The Kier molecular flexibility index (Phi) is 5.47. The van der Waals surface area contributed by atoms with E-state index in [4.69, 9.17) is 4.52 Å². The van der Waals surface area contributed by atoms with Gasteiger partial charge in [0, 0.05) is 38.3 Å². The molecule has 1 aromatic heterocycles. The zero-order valence-corrected chi connectivity index (χ0v) is 14.3. The quantitative estimate of drug-likeness (QED) is 0.820. The Balaban J connectivity index is 1.39. The van der Waals surface area contributed by atoms with E-state index >= 15 is 0 Å². The maximum absolute atomic E-state index is 5.27. The van der Waals surface area contributed by atoms with Crippen LogP contribution in [0.25, 0.3) is 0 Å². The molecule has 0 spiro atoms. The number of hydrogen-bond acceptors (Lipinski definition) is 4. The van der Waals surface area contributed by atoms with Crippen LogP contribution in [0.15, 0.2) is 34.9 Å². The van der Waals surface area contributed by atoms with Gasteiger partial charge in [0.05, 0.1) is 5.69 Å². The van der Waals surface area contributed by atoms with Crippen molar-refractivity contribution in [3.63, 3.8) is 0 Å². The molecule has 3 rings (SSSR count). The highest BCUT2D eigenvalue weighted by atomic mass is 16.5. The maximum Gasteiger partial charge on any atom is 0.138 e. The van der Waals surface area contributed by atoms with Gasteiger partial charge in [0.1, 0.15) is 5.76 Å². The third-order valence-electron chi connectivity index (χ3n) is 4.81. The van der Waals surface area contributed by atoms with E-state index in [2.05, 4.69) is 45.3 Å². The van der Waals surface area contributed by atoms with E-state index in [-0.39, 0.29) is 0 Å². The average molecular weight is 313 g/mol. The van der Waals surface area contributed by atoms with Crippen molar-refractivity contribution in [2.24, 2.45) is 0 Å². The molecule has 1 aromatic carbocycles. The topological polar surface area (TPSA) is 32.5 Å². The zero-order chi connectivity index (χ0) is 16.1. The lowest BCUT2D eigenvalue weighted by atomic mass is 10.1. The number of aryl methyl sites for hydroxylation is 3. The first-order chi connectivity index (χ1) is 11.2. The van der Waals surface area contributed by atoms with E-state index in [0.29, 0.717) is 0 Å². The minimum Gasteiger partial charge on any atom is -0.361 e. The van der Waals surface area contributed by atoms with Crippen molar-refractivity contribution in [1.82, 2.24) is 15.0 Å².